The molecule has 0 bridgehead atoms. The molecule has 0 fully saturated rings. The standard InChI is InChI=1S/C18H16N2O3/c1-22-15-8-6-13(7-9-15)16-11-17(23-20-16)14-4-2-12(3-5-14)10-18(19)21/h2-9,11H,10H2,1H3,(H2,19,21). The van der Waals surface area contributed by atoms with E-state index in [4.69, 9.17) is 15.0 Å². The topological polar surface area (TPSA) is 78.4 Å². The molecule has 23 heavy (non-hydrogen) atoms. The van der Waals surface area contributed by atoms with Gasteiger partial charge in [0.2, 0.25) is 5.91 Å². The van der Waals surface area contributed by atoms with Gasteiger partial charge in [-0.15, -0.1) is 0 Å². The summed E-state index contributed by atoms with van der Waals surface area (Å²) in [5.41, 5.74) is 8.65. The maximum atomic E-state index is 10.9. The van der Waals surface area contributed by atoms with Gasteiger partial charge in [0.05, 0.1) is 13.5 Å². The average molecular weight is 308 g/mol. The highest BCUT2D eigenvalue weighted by Crippen LogP contribution is 2.27. The lowest BCUT2D eigenvalue weighted by Gasteiger charge is -2.00. The van der Waals surface area contributed by atoms with E-state index in [0.29, 0.717) is 5.76 Å². The summed E-state index contributed by atoms with van der Waals surface area (Å²) >= 11 is 0. The summed E-state index contributed by atoms with van der Waals surface area (Å²) in [5.74, 6) is 1.11. The van der Waals surface area contributed by atoms with Crippen LogP contribution in [0.3, 0.4) is 0 Å². The highest BCUT2D eigenvalue weighted by molar-refractivity contribution is 5.77. The predicted octanol–water partition coefficient (Wildman–Crippen LogP) is 3.05. The number of rotatable bonds is 5. The Bertz CT molecular complexity index is 805. The maximum absolute atomic E-state index is 10.9. The first kappa shape index (κ1) is 14.8. The molecule has 0 aliphatic rings. The molecule has 0 aliphatic heterocycles. The molecule has 0 unspecified atom stereocenters. The molecular formula is C18H16N2O3. The average Bonchev–Trinajstić information content (AvgIpc) is 3.05. The van der Waals surface area contributed by atoms with Gasteiger partial charge in [-0.2, -0.15) is 0 Å². The molecule has 2 N–H and O–H groups in total. The first-order chi connectivity index (χ1) is 11.2. The number of aromatic nitrogens is 1. The molecule has 0 radical (unpaired) electrons. The van der Waals surface area contributed by atoms with E-state index in [1.54, 1.807) is 7.11 Å². The van der Waals surface area contributed by atoms with E-state index in [-0.39, 0.29) is 12.3 Å². The van der Waals surface area contributed by atoms with Crippen molar-refractivity contribution in [3.05, 3.63) is 60.2 Å². The first-order valence-electron chi connectivity index (χ1n) is 7.14. The summed E-state index contributed by atoms with van der Waals surface area (Å²) in [6.07, 6.45) is 0.230. The van der Waals surface area contributed by atoms with Crippen molar-refractivity contribution in [3.8, 4) is 28.3 Å². The van der Waals surface area contributed by atoms with E-state index in [2.05, 4.69) is 5.16 Å². The van der Waals surface area contributed by atoms with E-state index in [0.717, 1.165) is 28.1 Å². The Hall–Kier alpha value is -3.08. The van der Waals surface area contributed by atoms with Crippen LogP contribution in [-0.4, -0.2) is 18.2 Å². The van der Waals surface area contributed by atoms with Gasteiger partial charge in [-0.25, -0.2) is 0 Å². The van der Waals surface area contributed by atoms with Crippen LogP contribution in [-0.2, 0) is 11.2 Å². The quantitative estimate of drug-likeness (QED) is 0.785. The smallest absolute Gasteiger partial charge is 0.221 e. The molecule has 0 saturated heterocycles. The highest BCUT2D eigenvalue weighted by Gasteiger charge is 2.09. The van der Waals surface area contributed by atoms with Gasteiger partial charge >= 0.3 is 0 Å². The van der Waals surface area contributed by atoms with Crippen molar-refractivity contribution in [1.82, 2.24) is 5.16 Å². The molecule has 5 heteroatoms. The number of ether oxygens (including phenoxy) is 1. The lowest BCUT2D eigenvalue weighted by atomic mass is 10.1. The van der Waals surface area contributed by atoms with Gasteiger partial charge in [-0.05, 0) is 29.8 Å². The van der Waals surface area contributed by atoms with Gasteiger partial charge in [0.1, 0.15) is 11.4 Å². The van der Waals surface area contributed by atoms with E-state index >= 15 is 0 Å². The number of nitrogens with two attached hydrogens (primary N) is 1. The van der Waals surface area contributed by atoms with Crippen molar-refractivity contribution < 1.29 is 14.1 Å². The van der Waals surface area contributed by atoms with Crippen LogP contribution in [0.1, 0.15) is 5.56 Å². The van der Waals surface area contributed by atoms with Crippen LogP contribution < -0.4 is 10.5 Å². The number of nitrogens with zero attached hydrogens (tertiary/aromatic N) is 1. The number of amides is 1. The van der Waals surface area contributed by atoms with Crippen molar-refractivity contribution in [3.63, 3.8) is 0 Å². The Morgan fingerprint density at radius 1 is 1.09 bits per heavy atom. The fourth-order valence-corrected chi connectivity index (χ4v) is 2.30. The van der Waals surface area contributed by atoms with Crippen molar-refractivity contribution in [2.24, 2.45) is 5.73 Å². The van der Waals surface area contributed by atoms with Gasteiger partial charge in [0.15, 0.2) is 5.76 Å². The van der Waals surface area contributed by atoms with Crippen molar-refractivity contribution in [2.45, 2.75) is 6.42 Å². The predicted molar refractivity (Wildman–Crippen MR) is 86.8 cm³/mol. The van der Waals surface area contributed by atoms with E-state index < -0.39 is 0 Å². The molecule has 1 heterocycles. The fraction of sp³-hybridized carbons (Fsp3) is 0.111. The molecular weight excluding hydrogens is 292 g/mol. The summed E-state index contributed by atoms with van der Waals surface area (Å²) in [7, 11) is 1.63. The Morgan fingerprint density at radius 3 is 2.35 bits per heavy atom. The Kier molecular flexibility index (Phi) is 4.10. The second kappa shape index (κ2) is 6.36. The number of hydrogen-bond acceptors (Lipinski definition) is 4. The molecule has 1 aromatic heterocycles. The molecule has 0 atom stereocenters. The number of carbonyl (C=O) groups is 1. The summed E-state index contributed by atoms with van der Waals surface area (Å²) in [5, 5.41) is 4.10. The number of carbonyl (C=O) groups excluding carboxylic acids is 1. The Morgan fingerprint density at radius 2 is 1.74 bits per heavy atom. The number of methoxy groups -OCH3 is 1. The summed E-state index contributed by atoms with van der Waals surface area (Å²) in [6, 6.07) is 17.0. The number of hydrogen-bond donors (Lipinski definition) is 1. The zero-order chi connectivity index (χ0) is 16.2. The van der Waals surface area contributed by atoms with E-state index in [9.17, 15) is 4.79 Å². The van der Waals surface area contributed by atoms with Crippen LogP contribution in [0, 0.1) is 0 Å². The third-order valence-electron chi connectivity index (χ3n) is 3.51. The molecule has 1 amide bonds. The molecule has 0 saturated carbocycles. The third kappa shape index (κ3) is 3.40. The first-order valence-corrected chi connectivity index (χ1v) is 7.14. The Balaban J connectivity index is 1.81. The largest absolute Gasteiger partial charge is 0.497 e. The van der Waals surface area contributed by atoms with Crippen LogP contribution in [0.4, 0.5) is 0 Å². The minimum atomic E-state index is -0.348. The summed E-state index contributed by atoms with van der Waals surface area (Å²) in [4.78, 5) is 10.9. The normalized spacial score (nSPS) is 10.5. The van der Waals surface area contributed by atoms with Crippen LogP contribution in [0.5, 0.6) is 5.75 Å². The van der Waals surface area contributed by atoms with Crippen molar-refractivity contribution in [2.75, 3.05) is 7.11 Å². The molecule has 0 spiro atoms. The van der Waals surface area contributed by atoms with Crippen molar-refractivity contribution in [1.29, 1.82) is 0 Å². The van der Waals surface area contributed by atoms with Crippen molar-refractivity contribution >= 4 is 5.91 Å². The molecule has 2 aromatic carbocycles. The number of benzene rings is 2. The third-order valence-corrected chi connectivity index (χ3v) is 3.51. The molecule has 3 rings (SSSR count). The van der Waals surface area contributed by atoms with Gasteiger partial charge in [0, 0.05) is 17.2 Å². The van der Waals surface area contributed by atoms with Gasteiger partial charge < -0.3 is 15.0 Å². The fourth-order valence-electron chi connectivity index (χ4n) is 2.30. The van der Waals surface area contributed by atoms with Crippen LogP contribution in [0.2, 0.25) is 0 Å². The SMILES string of the molecule is COc1ccc(-c2cc(-c3ccc(CC(N)=O)cc3)on2)cc1. The van der Waals surface area contributed by atoms with Gasteiger partial charge in [-0.3, -0.25) is 4.79 Å². The van der Waals surface area contributed by atoms with Crippen LogP contribution in [0.15, 0.2) is 59.1 Å². The van der Waals surface area contributed by atoms with E-state index in [1.807, 2.05) is 54.6 Å². The molecule has 0 aliphatic carbocycles. The van der Waals surface area contributed by atoms with Gasteiger partial charge in [0.25, 0.3) is 0 Å². The zero-order valence-electron chi connectivity index (χ0n) is 12.7. The van der Waals surface area contributed by atoms with Crippen LogP contribution >= 0.6 is 0 Å². The monoisotopic (exact) mass is 308 g/mol. The molecule has 3 aromatic rings. The Labute approximate surface area is 133 Å². The minimum absolute atomic E-state index is 0.230. The lowest BCUT2D eigenvalue weighted by Crippen LogP contribution is -2.13. The summed E-state index contributed by atoms with van der Waals surface area (Å²) < 4.78 is 10.6. The van der Waals surface area contributed by atoms with Crippen LogP contribution in [0.25, 0.3) is 22.6 Å². The molecule has 5 nitrogen and oxygen atoms in total. The number of primary amides is 1. The highest BCUT2D eigenvalue weighted by atomic mass is 16.5. The zero-order valence-corrected chi connectivity index (χ0v) is 12.7. The maximum Gasteiger partial charge on any atom is 0.221 e. The van der Waals surface area contributed by atoms with Gasteiger partial charge in [-0.1, -0.05) is 29.4 Å². The second-order valence-corrected chi connectivity index (χ2v) is 5.14. The lowest BCUT2D eigenvalue weighted by molar-refractivity contribution is -0.117. The molecule has 116 valence electrons. The second-order valence-electron chi connectivity index (χ2n) is 5.14. The minimum Gasteiger partial charge on any atom is -0.497 e. The van der Waals surface area contributed by atoms with E-state index in [1.165, 1.54) is 0 Å². The summed E-state index contributed by atoms with van der Waals surface area (Å²) in [6.45, 7) is 0.